The highest BCUT2D eigenvalue weighted by Gasteiger charge is 2.29. The van der Waals surface area contributed by atoms with E-state index in [0.717, 1.165) is 0 Å². The zero-order valence-corrected chi connectivity index (χ0v) is 5.37. The molecular formula is C6H3N3O2. The third kappa shape index (κ3) is 0.706. The van der Waals surface area contributed by atoms with Crippen LogP contribution < -0.4 is 5.43 Å². The highest BCUT2D eigenvalue weighted by Crippen LogP contribution is 2.02. The number of hydrazone groups is 1. The van der Waals surface area contributed by atoms with E-state index in [1.54, 1.807) is 6.08 Å². The maximum atomic E-state index is 10.9. The van der Waals surface area contributed by atoms with Crippen LogP contribution in [0.5, 0.6) is 0 Å². The second-order valence-corrected chi connectivity index (χ2v) is 2.06. The van der Waals surface area contributed by atoms with Gasteiger partial charge in [-0.2, -0.15) is 5.10 Å². The van der Waals surface area contributed by atoms with Crippen LogP contribution in [0.15, 0.2) is 22.4 Å². The quantitative estimate of drug-likeness (QED) is 0.449. The van der Waals surface area contributed by atoms with Crippen LogP contribution in [-0.2, 0) is 9.59 Å². The van der Waals surface area contributed by atoms with E-state index in [-0.39, 0.29) is 5.71 Å². The lowest BCUT2D eigenvalue weighted by Gasteiger charge is -2.05. The van der Waals surface area contributed by atoms with Crippen LogP contribution in [0.4, 0.5) is 0 Å². The van der Waals surface area contributed by atoms with E-state index in [2.05, 4.69) is 15.5 Å². The van der Waals surface area contributed by atoms with Gasteiger partial charge in [-0.3, -0.25) is 14.6 Å². The van der Waals surface area contributed by atoms with E-state index in [1.165, 1.54) is 6.20 Å². The number of aliphatic imine (C=N–C) groups is 1. The smallest absolute Gasteiger partial charge is 0.281 e. The molecule has 2 aliphatic rings. The largest absolute Gasteiger partial charge is 0.314 e. The topological polar surface area (TPSA) is 70.9 Å². The number of amides is 1. The summed E-state index contributed by atoms with van der Waals surface area (Å²) < 4.78 is 0. The Morgan fingerprint density at radius 2 is 2.18 bits per heavy atom. The van der Waals surface area contributed by atoms with Crippen molar-refractivity contribution in [2.75, 3.05) is 0 Å². The minimum absolute atomic E-state index is 0.133. The second kappa shape index (κ2) is 1.85. The lowest BCUT2D eigenvalue weighted by Crippen LogP contribution is -2.41. The van der Waals surface area contributed by atoms with Gasteiger partial charge < -0.3 is 0 Å². The molecule has 0 aromatic rings. The van der Waals surface area contributed by atoms with Crippen LogP contribution in [0.3, 0.4) is 0 Å². The van der Waals surface area contributed by atoms with Crippen LogP contribution >= 0.6 is 0 Å². The molecule has 0 unspecified atom stereocenters. The van der Waals surface area contributed by atoms with Crippen molar-refractivity contribution in [1.29, 1.82) is 0 Å². The van der Waals surface area contributed by atoms with Crippen LogP contribution in [0, 0.1) is 0 Å². The van der Waals surface area contributed by atoms with Gasteiger partial charge in [-0.05, 0) is 6.08 Å². The molecule has 0 spiro atoms. The molecule has 0 aromatic carbocycles. The number of carbonyl (C=O) groups excluding carboxylic acids is 2. The van der Waals surface area contributed by atoms with Gasteiger partial charge in [0.1, 0.15) is 11.4 Å². The zero-order chi connectivity index (χ0) is 7.84. The SMILES string of the molecule is O=C1NN=C2C=CN=C2C1=O. The third-order valence-corrected chi connectivity index (χ3v) is 1.38. The van der Waals surface area contributed by atoms with Crippen molar-refractivity contribution in [3.05, 3.63) is 12.3 Å². The summed E-state index contributed by atoms with van der Waals surface area (Å²) in [6, 6.07) is 0. The highest BCUT2D eigenvalue weighted by molar-refractivity contribution is 6.83. The molecule has 0 aromatic heterocycles. The Morgan fingerprint density at radius 3 is 3.00 bits per heavy atom. The first-order valence-electron chi connectivity index (χ1n) is 2.96. The number of hydrogen-bond donors (Lipinski definition) is 1. The van der Waals surface area contributed by atoms with Crippen LogP contribution in [-0.4, -0.2) is 23.1 Å². The minimum atomic E-state index is -0.726. The molecule has 0 fully saturated rings. The molecule has 0 atom stereocenters. The summed E-state index contributed by atoms with van der Waals surface area (Å²) in [4.78, 5) is 25.3. The van der Waals surface area contributed by atoms with Crippen molar-refractivity contribution in [2.24, 2.45) is 10.1 Å². The Hall–Kier alpha value is -1.78. The number of rotatable bonds is 0. The van der Waals surface area contributed by atoms with Gasteiger partial charge in [0.05, 0.1) is 0 Å². The predicted molar refractivity (Wildman–Crippen MR) is 37.2 cm³/mol. The minimum Gasteiger partial charge on any atom is -0.281 e. The monoisotopic (exact) mass is 149 g/mol. The van der Waals surface area contributed by atoms with Crippen LogP contribution in [0.2, 0.25) is 0 Å². The Morgan fingerprint density at radius 1 is 1.36 bits per heavy atom. The number of nitrogens with one attached hydrogen (secondary N) is 1. The molecule has 54 valence electrons. The molecule has 1 N–H and O–H groups in total. The number of carbonyl (C=O) groups is 2. The molecule has 2 heterocycles. The molecule has 2 rings (SSSR count). The van der Waals surface area contributed by atoms with E-state index in [1.807, 2.05) is 0 Å². The summed E-state index contributed by atoms with van der Waals surface area (Å²) in [5.74, 6) is -1.35. The Kier molecular flexibility index (Phi) is 1.00. The first-order valence-corrected chi connectivity index (χ1v) is 2.96. The number of fused-ring (bicyclic) bond motifs is 1. The molecule has 0 aliphatic carbocycles. The molecule has 11 heavy (non-hydrogen) atoms. The van der Waals surface area contributed by atoms with E-state index < -0.39 is 11.7 Å². The summed E-state index contributed by atoms with van der Waals surface area (Å²) >= 11 is 0. The van der Waals surface area contributed by atoms with E-state index in [9.17, 15) is 9.59 Å². The average molecular weight is 149 g/mol. The molecular weight excluding hydrogens is 146 g/mol. The van der Waals surface area contributed by atoms with Crippen molar-refractivity contribution >= 4 is 23.1 Å². The van der Waals surface area contributed by atoms with Crippen molar-refractivity contribution in [3.8, 4) is 0 Å². The predicted octanol–water partition coefficient (Wildman–Crippen LogP) is -0.990. The summed E-state index contributed by atoms with van der Waals surface area (Å²) in [6.07, 6.45) is 3.00. The van der Waals surface area contributed by atoms with E-state index in [4.69, 9.17) is 0 Å². The van der Waals surface area contributed by atoms with Crippen LogP contribution in [0.1, 0.15) is 0 Å². The van der Waals surface area contributed by atoms with Crippen LogP contribution in [0.25, 0.3) is 0 Å². The van der Waals surface area contributed by atoms with Gasteiger partial charge in [0.15, 0.2) is 0 Å². The van der Waals surface area contributed by atoms with Gasteiger partial charge in [-0.25, -0.2) is 5.43 Å². The molecule has 0 bridgehead atoms. The Bertz CT molecular complexity index is 338. The van der Waals surface area contributed by atoms with E-state index >= 15 is 0 Å². The third-order valence-electron chi connectivity index (χ3n) is 1.38. The maximum absolute atomic E-state index is 10.9. The number of ketones is 1. The Labute approximate surface area is 61.5 Å². The first kappa shape index (κ1) is 5.96. The van der Waals surface area contributed by atoms with E-state index in [0.29, 0.717) is 5.71 Å². The number of hydrogen-bond acceptors (Lipinski definition) is 4. The Balaban J connectivity index is 2.52. The van der Waals surface area contributed by atoms with Gasteiger partial charge in [-0.1, -0.05) is 0 Å². The lowest BCUT2D eigenvalue weighted by atomic mass is 10.1. The normalized spacial score (nSPS) is 20.7. The molecule has 5 heteroatoms. The molecule has 5 nitrogen and oxygen atoms in total. The highest BCUT2D eigenvalue weighted by atomic mass is 16.2. The number of Topliss-reactive ketones (excluding diaryl/α,β-unsaturated/α-hetero) is 1. The molecule has 0 radical (unpaired) electrons. The molecule has 1 amide bonds. The van der Waals surface area contributed by atoms with Crippen molar-refractivity contribution in [2.45, 2.75) is 0 Å². The fraction of sp³-hybridized carbons (Fsp3) is 0. The van der Waals surface area contributed by atoms with Gasteiger partial charge in [0.25, 0.3) is 5.78 Å². The van der Waals surface area contributed by atoms with Crippen molar-refractivity contribution in [1.82, 2.24) is 5.43 Å². The summed E-state index contributed by atoms with van der Waals surface area (Å²) in [6.45, 7) is 0. The second-order valence-electron chi connectivity index (χ2n) is 2.06. The van der Waals surface area contributed by atoms with Gasteiger partial charge in [-0.15, -0.1) is 0 Å². The molecule has 0 saturated carbocycles. The zero-order valence-electron chi connectivity index (χ0n) is 5.37. The van der Waals surface area contributed by atoms with Gasteiger partial charge in [0, 0.05) is 6.20 Å². The fourth-order valence-corrected chi connectivity index (χ4v) is 0.862. The fourth-order valence-electron chi connectivity index (χ4n) is 0.862. The summed E-state index contributed by atoms with van der Waals surface area (Å²) in [5.41, 5.74) is 2.63. The molecule has 0 saturated heterocycles. The van der Waals surface area contributed by atoms with Crippen molar-refractivity contribution in [3.63, 3.8) is 0 Å². The first-order chi connectivity index (χ1) is 5.29. The summed E-state index contributed by atoms with van der Waals surface area (Å²) in [7, 11) is 0. The van der Waals surface area contributed by atoms with Gasteiger partial charge in [0.2, 0.25) is 0 Å². The van der Waals surface area contributed by atoms with Gasteiger partial charge >= 0.3 is 5.91 Å². The number of allylic oxidation sites excluding steroid dienone is 1. The van der Waals surface area contributed by atoms with Crippen molar-refractivity contribution < 1.29 is 9.59 Å². The maximum Gasteiger partial charge on any atom is 0.314 e. The lowest BCUT2D eigenvalue weighted by molar-refractivity contribution is -0.134. The summed E-state index contributed by atoms with van der Waals surface area (Å²) in [5, 5.41) is 3.60. The molecule has 2 aliphatic heterocycles. The average Bonchev–Trinajstić information content (AvgIpc) is 2.45. The standard InChI is InChI=1S/C6H3N3O2/c10-5-4-3(1-2-7-4)8-9-6(5)11/h1-2H,(H,9,11). The number of nitrogens with zero attached hydrogens (tertiary/aromatic N) is 2.